The van der Waals surface area contributed by atoms with Crippen LogP contribution in [-0.4, -0.2) is 37.2 Å². The zero-order valence-corrected chi connectivity index (χ0v) is 11.0. The van der Waals surface area contributed by atoms with Gasteiger partial charge in [-0.15, -0.1) is 0 Å². The van der Waals surface area contributed by atoms with Crippen molar-refractivity contribution in [3.8, 4) is 0 Å². The maximum Gasteiger partial charge on any atom is 0.338 e. The van der Waals surface area contributed by atoms with Gasteiger partial charge in [0.05, 0.1) is 18.2 Å². The quantitative estimate of drug-likeness (QED) is 0.576. The molecule has 1 aromatic rings. The zero-order chi connectivity index (χ0) is 14.1. The van der Waals surface area contributed by atoms with E-state index in [1.165, 1.54) is 7.11 Å². The van der Waals surface area contributed by atoms with Crippen molar-refractivity contribution in [2.45, 2.75) is 19.3 Å². The fraction of sp³-hybridized carbons (Fsp3) is 0.429. The fourth-order valence-corrected chi connectivity index (χ4v) is 1.68. The second kappa shape index (κ2) is 8.26. The molecule has 0 saturated carbocycles. The van der Waals surface area contributed by atoms with Crippen LogP contribution in [0, 0.1) is 0 Å². The van der Waals surface area contributed by atoms with Crippen LogP contribution in [0.2, 0.25) is 0 Å². The lowest BCUT2D eigenvalue weighted by molar-refractivity contribution is 0.0596. The Morgan fingerprint density at radius 3 is 2.47 bits per heavy atom. The van der Waals surface area contributed by atoms with Gasteiger partial charge in [-0.3, -0.25) is 4.79 Å². The molecule has 19 heavy (non-hydrogen) atoms. The molecule has 1 amide bonds. The van der Waals surface area contributed by atoms with Crippen molar-refractivity contribution in [1.82, 2.24) is 5.32 Å². The van der Waals surface area contributed by atoms with Crippen molar-refractivity contribution >= 4 is 11.9 Å². The Kier molecular flexibility index (Phi) is 6.60. The first-order chi connectivity index (χ1) is 9.20. The summed E-state index contributed by atoms with van der Waals surface area (Å²) in [7, 11) is 1.28. The van der Waals surface area contributed by atoms with Crippen LogP contribution >= 0.6 is 0 Å². The number of methoxy groups -OCH3 is 1. The van der Waals surface area contributed by atoms with Crippen LogP contribution in [0.5, 0.6) is 0 Å². The van der Waals surface area contributed by atoms with E-state index in [1.54, 1.807) is 24.3 Å². The Morgan fingerprint density at radius 2 is 1.84 bits per heavy atom. The largest absolute Gasteiger partial charge is 0.465 e. The number of aliphatic hydroxyl groups is 1. The summed E-state index contributed by atoms with van der Waals surface area (Å²) in [5, 5.41) is 11.4. The summed E-state index contributed by atoms with van der Waals surface area (Å²) in [6, 6.07) is 6.54. The summed E-state index contributed by atoms with van der Waals surface area (Å²) >= 11 is 0. The predicted molar refractivity (Wildman–Crippen MR) is 71.1 cm³/mol. The third-order valence-corrected chi connectivity index (χ3v) is 2.70. The fourth-order valence-electron chi connectivity index (χ4n) is 1.68. The van der Waals surface area contributed by atoms with Gasteiger partial charge in [-0.2, -0.15) is 0 Å². The monoisotopic (exact) mass is 265 g/mol. The maximum atomic E-state index is 12.0. The molecule has 5 nitrogen and oxygen atoms in total. The molecule has 0 radical (unpaired) electrons. The summed E-state index contributed by atoms with van der Waals surface area (Å²) in [5.41, 5.74) is 0.578. The van der Waals surface area contributed by atoms with Gasteiger partial charge >= 0.3 is 5.97 Å². The van der Waals surface area contributed by atoms with Crippen molar-refractivity contribution in [1.29, 1.82) is 0 Å². The van der Waals surface area contributed by atoms with E-state index in [9.17, 15) is 9.59 Å². The number of hydrogen-bond acceptors (Lipinski definition) is 4. The highest BCUT2D eigenvalue weighted by molar-refractivity contribution is 6.05. The van der Waals surface area contributed by atoms with Gasteiger partial charge in [-0.1, -0.05) is 12.1 Å². The Morgan fingerprint density at radius 1 is 1.16 bits per heavy atom. The van der Waals surface area contributed by atoms with Gasteiger partial charge in [0.1, 0.15) is 0 Å². The van der Waals surface area contributed by atoms with Crippen molar-refractivity contribution in [2.75, 3.05) is 20.3 Å². The van der Waals surface area contributed by atoms with Crippen molar-refractivity contribution in [2.24, 2.45) is 0 Å². The lowest BCUT2D eigenvalue weighted by Gasteiger charge is -2.08. The number of carbonyl (C=O) groups is 2. The average Bonchev–Trinajstić information content (AvgIpc) is 2.46. The average molecular weight is 265 g/mol. The number of carbonyl (C=O) groups excluding carboxylic acids is 2. The normalized spacial score (nSPS) is 10.0. The van der Waals surface area contributed by atoms with Crippen molar-refractivity contribution < 1.29 is 19.4 Å². The van der Waals surface area contributed by atoms with Gasteiger partial charge in [-0.25, -0.2) is 4.79 Å². The molecule has 0 aliphatic heterocycles. The SMILES string of the molecule is COC(=O)c1ccccc1C(=O)NCCCCCO. The number of ether oxygens (including phenoxy) is 1. The van der Waals surface area contributed by atoms with E-state index < -0.39 is 5.97 Å². The van der Waals surface area contributed by atoms with E-state index in [0.29, 0.717) is 12.1 Å². The molecular formula is C14H19NO4. The number of unbranched alkanes of at least 4 members (excludes halogenated alkanes) is 2. The van der Waals surface area contributed by atoms with Crippen LogP contribution in [0.3, 0.4) is 0 Å². The minimum Gasteiger partial charge on any atom is -0.465 e. The number of hydrogen-bond donors (Lipinski definition) is 2. The molecule has 0 aromatic heterocycles. The molecule has 0 aliphatic carbocycles. The first kappa shape index (κ1) is 15.2. The lowest BCUT2D eigenvalue weighted by Crippen LogP contribution is -2.26. The third kappa shape index (κ3) is 4.71. The van der Waals surface area contributed by atoms with E-state index in [0.717, 1.165) is 19.3 Å². The summed E-state index contributed by atoms with van der Waals surface area (Å²) in [5.74, 6) is -0.809. The molecule has 2 N–H and O–H groups in total. The third-order valence-electron chi connectivity index (χ3n) is 2.70. The molecule has 0 heterocycles. The van der Waals surface area contributed by atoms with Gasteiger partial charge < -0.3 is 15.2 Å². The molecule has 0 bridgehead atoms. The highest BCUT2D eigenvalue weighted by Gasteiger charge is 2.16. The predicted octanol–water partition coefficient (Wildman–Crippen LogP) is 1.37. The minimum atomic E-state index is -0.522. The number of nitrogens with one attached hydrogen (secondary N) is 1. The minimum absolute atomic E-state index is 0.166. The van der Waals surface area contributed by atoms with Crippen molar-refractivity contribution in [3.63, 3.8) is 0 Å². The molecule has 0 unspecified atom stereocenters. The van der Waals surface area contributed by atoms with E-state index in [2.05, 4.69) is 10.1 Å². The van der Waals surface area contributed by atoms with E-state index in [4.69, 9.17) is 5.11 Å². The van der Waals surface area contributed by atoms with E-state index >= 15 is 0 Å². The van der Waals surface area contributed by atoms with Crippen LogP contribution in [0.4, 0.5) is 0 Å². The van der Waals surface area contributed by atoms with Gasteiger partial charge in [0.2, 0.25) is 0 Å². The van der Waals surface area contributed by atoms with Crippen LogP contribution in [0.1, 0.15) is 40.0 Å². The molecule has 5 heteroatoms. The first-order valence-corrected chi connectivity index (χ1v) is 6.27. The number of esters is 1. The van der Waals surface area contributed by atoms with E-state index in [1.807, 2.05) is 0 Å². The summed E-state index contributed by atoms with van der Waals surface area (Å²) in [6.45, 7) is 0.688. The molecule has 0 aliphatic rings. The van der Waals surface area contributed by atoms with Gasteiger partial charge in [0, 0.05) is 13.2 Å². The Bertz CT molecular complexity index is 431. The molecule has 0 fully saturated rings. The number of benzene rings is 1. The highest BCUT2D eigenvalue weighted by Crippen LogP contribution is 2.10. The Balaban J connectivity index is 2.59. The van der Waals surface area contributed by atoms with Gasteiger partial charge in [0.25, 0.3) is 5.91 Å². The number of rotatable bonds is 7. The smallest absolute Gasteiger partial charge is 0.338 e. The lowest BCUT2D eigenvalue weighted by atomic mass is 10.1. The first-order valence-electron chi connectivity index (χ1n) is 6.27. The number of aliphatic hydroxyl groups excluding tert-OH is 1. The molecular weight excluding hydrogens is 246 g/mol. The second-order valence-electron chi connectivity index (χ2n) is 4.08. The standard InChI is InChI=1S/C14H19NO4/c1-19-14(18)12-8-4-3-7-11(12)13(17)15-9-5-2-6-10-16/h3-4,7-8,16H,2,5-6,9-10H2,1H3,(H,15,17). The Labute approximate surface area is 112 Å². The van der Waals surface area contributed by atoms with Crippen LogP contribution in [0.25, 0.3) is 0 Å². The summed E-state index contributed by atoms with van der Waals surface area (Å²) < 4.78 is 4.64. The van der Waals surface area contributed by atoms with E-state index in [-0.39, 0.29) is 18.1 Å². The molecule has 0 saturated heterocycles. The van der Waals surface area contributed by atoms with Crippen molar-refractivity contribution in [3.05, 3.63) is 35.4 Å². The van der Waals surface area contributed by atoms with Gasteiger partial charge in [0.15, 0.2) is 0 Å². The van der Waals surface area contributed by atoms with Gasteiger partial charge in [-0.05, 0) is 31.4 Å². The molecule has 104 valence electrons. The molecule has 1 aromatic carbocycles. The molecule has 0 atom stereocenters. The molecule has 0 spiro atoms. The number of amides is 1. The topological polar surface area (TPSA) is 75.6 Å². The van der Waals surface area contributed by atoms with Crippen LogP contribution < -0.4 is 5.32 Å². The maximum absolute atomic E-state index is 12.0. The Hall–Kier alpha value is -1.88. The summed E-state index contributed by atoms with van der Waals surface area (Å²) in [6.07, 6.45) is 2.39. The van der Waals surface area contributed by atoms with Crippen LogP contribution in [-0.2, 0) is 4.74 Å². The molecule has 1 rings (SSSR count). The zero-order valence-electron chi connectivity index (χ0n) is 11.0. The second-order valence-corrected chi connectivity index (χ2v) is 4.08. The van der Waals surface area contributed by atoms with Crippen LogP contribution in [0.15, 0.2) is 24.3 Å². The highest BCUT2D eigenvalue weighted by atomic mass is 16.5. The summed E-state index contributed by atoms with van der Waals surface area (Å²) in [4.78, 5) is 23.5.